The minimum Gasteiger partial charge on any atom is -0.466 e. The van der Waals surface area contributed by atoms with Gasteiger partial charge in [-0.15, -0.1) is 0 Å². The number of amides is 1. The summed E-state index contributed by atoms with van der Waals surface area (Å²) < 4.78 is 5.52. The number of aliphatic hydroxyl groups is 2. The van der Waals surface area contributed by atoms with E-state index in [1.807, 2.05) is 0 Å². The minimum atomic E-state index is -0.660. The molecule has 0 heterocycles. The molecule has 1 amide bonds. The van der Waals surface area contributed by atoms with Crippen molar-refractivity contribution < 1.29 is 24.5 Å². The number of rotatable bonds is 71. The number of carbonyl (C=O) groups is 2. The van der Waals surface area contributed by atoms with E-state index in [0.717, 1.165) is 38.5 Å². The summed E-state index contributed by atoms with van der Waals surface area (Å²) in [5.74, 6) is -0.00115. The van der Waals surface area contributed by atoms with Crippen LogP contribution in [0.3, 0.4) is 0 Å². The fourth-order valence-electron chi connectivity index (χ4n) is 12.2. The molecule has 0 spiro atoms. The van der Waals surface area contributed by atoms with Crippen molar-refractivity contribution in [3.8, 4) is 0 Å². The minimum absolute atomic E-state index is 0.0259. The van der Waals surface area contributed by atoms with Gasteiger partial charge in [-0.05, 0) is 25.7 Å². The SMILES string of the molecule is CCCCCCCCCCCCCCCCCCCCC(=O)OCCCCCCCCCCCCCCCCCCCCCCCCCCCCCCCCC(=O)NC(CO)C(O)CCCCCCCCCCCCCCCCC. The molecule has 80 heavy (non-hydrogen) atoms. The first kappa shape index (κ1) is 78.9. The van der Waals surface area contributed by atoms with Crippen molar-refractivity contribution in [2.75, 3.05) is 13.2 Å². The van der Waals surface area contributed by atoms with E-state index in [9.17, 15) is 19.8 Å². The zero-order valence-electron chi connectivity index (χ0n) is 54.9. The predicted octanol–water partition coefficient (Wildman–Crippen LogP) is 24.2. The van der Waals surface area contributed by atoms with Crippen molar-refractivity contribution in [3.05, 3.63) is 0 Å². The van der Waals surface area contributed by atoms with Gasteiger partial charge in [0.15, 0.2) is 0 Å². The maximum Gasteiger partial charge on any atom is 0.305 e. The molecule has 6 nitrogen and oxygen atoms in total. The van der Waals surface area contributed by atoms with E-state index in [1.54, 1.807) is 0 Å². The molecule has 6 heteroatoms. The van der Waals surface area contributed by atoms with Gasteiger partial charge >= 0.3 is 5.97 Å². The number of hydrogen-bond acceptors (Lipinski definition) is 5. The Labute approximate surface area is 502 Å². The van der Waals surface area contributed by atoms with Crippen molar-refractivity contribution in [1.29, 1.82) is 0 Å². The summed E-state index contributed by atoms with van der Waals surface area (Å²) in [5, 5.41) is 23.3. The molecule has 2 atom stereocenters. The van der Waals surface area contributed by atoms with Gasteiger partial charge in [-0.2, -0.15) is 0 Å². The Morgan fingerprint density at radius 3 is 0.762 bits per heavy atom. The summed E-state index contributed by atoms with van der Waals surface area (Å²) in [6, 6.07) is -0.537. The normalized spacial score (nSPS) is 12.4. The molecule has 0 aliphatic heterocycles. The lowest BCUT2D eigenvalue weighted by molar-refractivity contribution is -0.143. The number of aliphatic hydroxyl groups excluding tert-OH is 2. The maximum absolute atomic E-state index is 12.5. The predicted molar refractivity (Wildman–Crippen MR) is 352 cm³/mol. The first-order valence-electron chi connectivity index (χ1n) is 37.3. The van der Waals surface area contributed by atoms with E-state index >= 15 is 0 Å². The monoisotopic (exact) mass is 1130 g/mol. The largest absolute Gasteiger partial charge is 0.466 e. The molecule has 0 aromatic rings. The highest BCUT2D eigenvalue weighted by molar-refractivity contribution is 5.76. The number of esters is 1. The second kappa shape index (κ2) is 70.3. The van der Waals surface area contributed by atoms with Crippen molar-refractivity contribution >= 4 is 11.9 Å². The third-order valence-corrected chi connectivity index (χ3v) is 17.9. The highest BCUT2D eigenvalue weighted by atomic mass is 16.5. The topological polar surface area (TPSA) is 95.9 Å². The van der Waals surface area contributed by atoms with Crippen molar-refractivity contribution in [1.82, 2.24) is 5.32 Å². The van der Waals surface area contributed by atoms with Gasteiger partial charge in [0.1, 0.15) is 0 Å². The molecule has 0 aliphatic rings. The zero-order valence-corrected chi connectivity index (χ0v) is 54.9. The van der Waals surface area contributed by atoms with E-state index in [-0.39, 0.29) is 18.5 Å². The van der Waals surface area contributed by atoms with Crippen LogP contribution >= 0.6 is 0 Å². The highest BCUT2D eigenvalue weighted by Crippen LogP contribution is 2.20. The summed E-state index contributed by atoms with van der Waals surface area (Å²) in [6.45, 7) is 5.01. The van der Waals surface area contributed by atoms with Gasteiger partial charge in [-0.3, -0.25) is 9.59 Å². The lowest BCUT2D eigenvalue weighted by Gasteiger charge is -2.22. The average molecular weight is 1130 g/mol. The quantitative estimate of drug-likeness (QED) is 0.0417. The van der Waals surface area contributed by atoms with Crippen LogP contribution in [0.25, 0.3) is 0 Å². The third-order valence-electron chi connectivity index (χ3n) is 17.9. The Morgan fingerprint density at radius 1 is 0.300 bits per heavy atom. The molecule has 0 saturated carbocycles. The number of nitrogens with one attached hydrogen (secondary N) is 1. The average Bonchev–Trinajstić information content (AvgIpc) is 3.46. The first-order chi connectivity index (χ1) is 39.5. The molecular weight excluding hydrogens is 983 g/mol. The van der Waals surface area contributed by atoms with Crippen LogP contribution < -0.4 is 5.32 Å². The van der Waals surface area contributed by atoms with Crippen LogP contribution in [0.1, 0.15) is 438 Å². The standard InChI is InChI=1S/C74H147NO5/c1-3-5-7-9-11-13-15-17-19-20-36-40-44-48-52-56-60-64-68-74(79)80-69-65-61-57-53-49-45-41-37-34-32-30-28-26-24-22-21-23-25-27-29-31-33-35-39-43-47-51-55-59-63-67-73(78)75-71(70-76)72(77)66-62-58-54-50-46-42-38-18-16-14-12-10-8-6-4-2/h71-72,76-77H,3-70H2,1-2H3,(H,75,78). The fraction of sp³-hybridized carbons (Fsp3) is 0.973. The van der Waals surface area contributed by atoms with Gasteiger partial charge < -0.3 is 20.3 Å². The Morgan fingerprint density at radius 2 is 0.512 bits per heavy atom. The highest BCUT2D eigenvalue weighted by Gasteiger charge is 2.20. The van der Waals surface area contributed by atoms with Crippen molar-refractivity contribution in [2.45, 2.75) is 450 Å². The van der Waals surface area contributed by atoms with Crippen LogP contribution in [-0.2, 0) is 14.3 Å². The Balaban J connectivity index is 3.30. The lowest BCUT2D eigenvalue weighted by Crippen LogP contribution is -2.45. The van der Waals surface area contributed by atoms with Gasteiger partial charge in [-0.1, -0.05) is 399 Å². The molecule has 0 radical (unpaired) electrons. The Hall–Kier alpha value is -1.14. The molecule has 0 saturated heterocycles. The van der Waals surface area contributed by atoms with Crippen LogP contribution in [-0.4, -0.2) is 47.4 Å². The first-order valence-corrected chi connectivity index (χ1v) is 37.3. The van der Waals surface area contributed by atoms with Gasteiger partial charge in [0.25, 0.3) is 0 Å². The van der Waals surface area contributed by atoms with E-state index in [4.69, 9.17) is 4.74 Å². The van der Waals surface area contributed by atoms with Crippen LogP contribution in [0.15, 0.2) is 0 Å². The molecule has 0 aromatic carbocycles. The van der Waals surface area contributed by atoms with Crippen LogP contribution in [0.2, 0.25) is 0 Å². The molecule has 478 valence electrons. The summed E-state index contributed by atoms with van der Waals surface area (Å²) in [7, 11) is 0. The molecule has 0 aliphatic carbocycles. The summed E-state index contributed by atoms with van der Waals surface area (Å²) in [6.07, 6.45) is 86.0. The Kier molecular flexibility index (Phi) is 69.3. The van der Waals surface area contributed by atoms with Gasteiger partial charge in [0.05, 0.1) is 25.4 Å². The second-order valence-electron chi connectivity index (χ2n) is 26.0. The smallest absolute Gasteiger partial charge is 0.305 e. The van der Waals surface area contributed by atoms with Crippen LogP contribution in [0.4, 0.5) is 0 Å². The molecule has 0 rings (SSSR count). The third kappa shape index (κ3) is 66.0. The van der Waals surface area contributed by atoms with Crippen molar-refractivity contribution in [2.24, 2.45) is 0 Å². The van der Waals surface area contributed by atoms with E-state index in [1.165, 1.54) is 366 Å². The van der Waals surface area contributed by atoms with Gasteiger partial charge in [0.2, 0.25) is 5.91 Å². The molecule has 0 aromatic heterocycles. The zero-order chi connectivity index (χ0) is 57.8. The van der Waals surface area contributed by atoms with E-state index < -0.39 is 12.1 Å². The number of ether oxygens (including phenoxy) is 1. The summed E-state index contributed by atoms with van der Waals surface area (Å²) in [5.41, 5.74) is 0. The molecule has 2 unspecified atom stereocenters. The molecular formula is C74H147NO5. The number of carbonyl (C=O) groups excluding carboxylic acids is 2. The lowest BCUT2D eigenvalue weighted by atomic mass is 10.0. The number of unbranched alkanes of at least 4 members (excludes halogenated alkanes) is 60. The van der Waals surface area contributed by atoms with E-state index in [2.05, 4.69) is 19.2 Å². The second-order valence-corrected chi connectivity index (χ2v) is 26.0. The summed E-state index contributed by atoms with van der Waals surface area (Å²) in [4.78, 5) is 24.6. The van der Waals surface area contributed by atoms with Crippen LogP contribution in [0, 0.1) is 0 Å². The maximum atomic E-state index is 12.5. The van der Waals surface area contributed by atoms with Crippen LogP contribution in [0.5, 0.6) is 0 Å². The van der Waals surface area contributed by atoms with E-state index in [0.29, 0.717) is 25.9 Å². The summed E-state index contributed by atoms with van der Waals surface area (Å²) >= 11 is 0. The number of hydrogen-bond donors (Lipinski definition) is 3. The molecule has 0 fully saturated rings. The van der Waals surface area contributed by atoms with Gasteiger partial charge in [0, 0.05) is 12.8 Å². The van der Waals surface area contributed by atoms with Crippen molar-refractivity contribution in [3.63, 3.8) is 0 Å². The van der Waals surface area contributed by atoms with Gasteiger partial charge in [-0.25, -0.2) is 0 Å². The Bertz CT molecular complexity index is 1160. The fourth-order valence-corrected chi connectivity index (χ4v) is 12.2. The molecule has 3 N–H and O–H groups in total. The molecule has 0 bridgehead atoms.